The van der Waals surface area contributed by atoms with Crippen molar-refractivity contribution in [3.63, 3.8) is 0 Å². The van der Waals surface area contributed by atoms with Gasteiger partial charge in [-0.3, -0.25) is 0 Å². The predicted octanol–water partition coefficient (Wildman–Crippen LogP) is 1.01. The van der Waals surface area contributed by atoms with E-state index in [2.05, 4.69) is 15.5 Å². The van der Waals surface area contributed by atoms with Crippen molar-refractivity contribution in [3.05, 3.63) is 35.7 Å². The lowest BCUT2D eigenvalue weighted by atomic mass is 10.4. The number of nitrogens with zero attached hydrogens (tertiary/aromatic N) is 3. The van der Waals surface area contributed by atoms with Gasteiger partial charge in [0.25, 0.3) is 0 Å². The highest BCUT2D eigenvalue weighted by Gasteiger charge is 2.01. The van der Waals surface area contributed by atoms with E-state index in [1.165, 1.54) is 0 Å². The van der Waals surface area contributed by atoms with Gasteiger partial charge in [-0.15, -0.1) is 0 Å². The van der Waals surface area contributed by atoms with Gasteiger partial charge >= 0.3 is 0 Å². The molecule has 0 spiro atoms. The molecule has 0 aromatic carbocycles. The minimum Gasteiger partial charge on any atom is -0.361 e. The van der Waals surface area contributed by atoms with Crippen molar-refractivity contribution >= 4 is 0 Å². The molecule has 0 aliphatic carbocycles. The zero-order chi connectivity index (χ0) is 10.7. The number of nitrogens with one attached hydrogen (secondary N) is 1. The van der Waals surface area contributed by atoms with E-state index >= 15 is 0 Å². The van der Waals surface area contributed by atoms with Crippen molar-refractivity contribution in [3.8, 4) is 0 Å². The summed E-state index contributed by atoms with van der Waals surface area (Å²) < 4.78 is 6.95. The van der Waals surface area contributed by atoms with E-state index in [0.717, 1.165) is 23.8 Å². The minimum atomic E-state index is 0.699. The quantitative estimate of drug-likeness (QED) is 0.811. The SMILES string of the molecule is Cc1cc(CNCc2nccn2C)no1. The second-order valence-electron chi connectivity index (χ2n) is 3.49. The minimum absolute atomic E-state index is 0.699. The van der Waals surface area contributed by atoms with Crippen LogP contribution in [0.15, 0.2) is 23.0 Å². The highest BCUT2D eigenvalue weighted by atomic mass is 16.5. The average Bonchev–Trinajstić information content (AvgIpc) is 2.77. The molecule has 0 atom stereocenters. The highest BCUT2D eigenvalue weighted by Crippen LogP contribution is 2.01. The first-order chi connectivity index (χ1) is 7.25. The zero-order valence-electron chi connectivity index (χ0n) is 8.90. The number of hydrogen-bond acceptors (Lipinski definition) is 4. The predicted molar refractivity (Wildman–Crippen MR) is 55.0 cm³/mol. The fourth-order valence-electron chi connectivity index (χ4n) is 1.37. The van der Waals surface area contributed by atoms with Crippen LogP contribution >= 0.6 is 0 Å². The van der Waals surface area contributed by atoms with Crippen LogP contribution in [0.5, 0.6) is 0 Å². The summed E-state index contributed by atoms with van der Waals surface area (Å²) in [6.07, 6.45) is 3.72. The summed E-state index contributed by atoms with van der Waals surface area (Å²) in [5.41, 5.74) is 0.918. The molecule has 5 heteroatoms. The van der Waals surface area contributed by atoms with E-state index < -0.39 is 0 Å². The summed E-state index contributed by atoms with van der Waals surface area (Å²) in [4.78, 5) is 4.21. The Kier molecular flexibility index (Phi) is 2.82. The van der Waals surface area contributed by atoms with Crippen LogP contribution in [0.1, 0.15) is 17.3 Å². The molecule has 5 nitrogen and oxygen atoms in total. The molecule has 2 aromatic heterocycles. The van der Waals surface area contributed by atoms with Gasteiger partial charge in [0.2, 0.25) is 0 Å². The Balaban J connectivity index is 1.83. The number of aromatic nitrogens is 3. The maximum atomic E-state index is 4.97. The monoisotopic (exact) mass is 206 g/mol. The van der Waals surface area contributed by atoms with E-state index in [1.807, 2.05) is 30.8 Å². The normalized spacial score (nSPS) is 10.8. The molecule has 0 fully saturated rings. The second kappa shape index (κ2) is 4.27. The lowest BCUT2D eigenvalue weighted by molar-refractivity contribution is 0.388. The van der Waals surface area contributed by atoms with Gasteiger partial charge in [0.05, 0.1) is 12.2 Å². The Morgan fingerprint density at radius 2 is 2.33 bits per heavy atom. The lowest BCUT2D eigenvalue weighted by Gasteiger charge is -2.02. The summed E-state index contributed by atoms with van der Waals surface area (Å²) in [7, 11) is 1.98. The molecule has 2 aromatic rings. The summed E-state index contributed by atoms with van der Waals surface area (Å²) in [5, 5.41) is 7.14. The van der Waals surface area contributed by atoms with Crippen molar-refractivity contribution in [2.45, 2.75) is 20.0 Å². The fourth-order valence-corrected chi connectivity index (χ4v) is 1.37. The van der Waals surface area contributed by atoms with Gasteiger partial charge in [0.1, 0.15) is 11.6 Å². The molecular weight excluding hydrogens is 192 g/mol. The van der Waals surface area contributed by atoms with E-state index in [1.54, 1.807) is 6.20 Å². The van der Waals surface area contributed by atoms with Gasteiger partial charge in [0.15, 0.2) is 0 Å². The maximum Gasteiger partial charge on any atom is 0.133 e. The maximum absolute atomic E-state index is 4.97. The Hall–Kier alpha value is -1.62. The first-order valence-electron chi connectivity index (χ1n) is 4.85. The Morgan fingerprint density at radius 1 is 1.47 bits per heavy atom. The van der Waals surface area contributed by atoms with Crippen LogP contribution in [0, 0.1) is 6.92 Å². The van der Waals surface area contributed by atoms with Crippen LogP contribution in [0.25, 0.3) is 0 Å². The van der Waals surface area contributed by atoms with Gasteiger partial charge < -0.3 is 14.4 Å². The molecular formula is C10H14N4O. The van der Waals surface area contributed by atoms with Crippen molar-refractivity contribution in [1.82, 2.24) is 20.0 Å². The van der Waals surface area contributed by atoms with Crippen molar-refractivity contribution in [2.24, 2.45) is 7.05 Å². The number of imidazole rings is 1. The fraction of sp³-hybridized carbons (Fsp3) is 0.400. The molecule has 15 heavy (non-hydrogen) atoms. The topological polar surface area (TPSA) is 55.9 Å². The molecule has 0 aliphatic heterocycles. The smallest absolute Gasteiger partial charge is 0.133 e. The highest BCUT2D eigenvalue weighted by molar-refractivity contribution is 5.03. The molecule has 2 rings (SSSR count). The van der Waals surface area contributed by atoms with Gasteiger partial charge in [-0.1, -0.05) is 5.16 Å². The van der Waals surface area contributed by atoms with Gasteiger partial charge in [-0.05, 0) is 6.92 Å². The molecule has 2 heterocycles. The molecule has 0 radical (unpaired) electrons. The lowest BCUT2D eigenvalue weighted by Crippen LogP contribution is -2.15. The molecule has 0 saturated carbocycles. The third-order valence-electron chi connectivity index (χ3n) is 2.19. The van der Waals surface area contributed by atoms with E-state index in [9.17, 15) is 0 Å². The van der Waals surface area contributed by atoms with Crippen LogP contribution < -0.4 is 5.32 Å². The Bertz CT molecular complexity index is 432. The first kappa shape index (κ1) is 9.92. The van der Waals surface area contributed by atoms with Crippen LogP contribution in [0.2, 0.25) is 0 Å². The van der Waals surface area contributed by atoms with Gasteiger partial charge in [0, 0.05) is 32.1 Å². The van der Waals surface area contributed by atoms with Crippen molar-refractivity contribution < 1.29 is 4.52 Å². The van der Waals surface area contributed by atoms with E-state index in [0.29, 0.717) is 6.54 Å². The van der Waals surface area contributed by atoms with Gasteiger partial charge in [-0.2, -0.15) is 0 Å². The van der Waals surface area contributed by atoms with E-state index in [-0.39, 0.29) is 0 Å². The third kappa shape index (κ3) is 2.44. The number of rotatable bonds is 4. The zero-order valence-corrected chi connectivity index (χ0v) is 8.90. The summed E-state index contributed by atoms with van der Waals surface area (Å²) >= 11 is 0. The average molecular weight is 206 g/mol. The Labute approximate surface area is 88.1 Å². The summed E-state index contributed by atoms with van der Waals surface area (Å²) in [6, 6.07) is 1.92. The van der Waals surface area contributed by atoms with Crippen LogP contribution in [-0.4, -0.2) is 14.7 Å². The molecule has 0 aliphatic rings. The molecule has 0 amide bonds. The van der Waals surface area contributed by atoms with Crippen LogP contribution in [0.3, 0.4) is 0 Å². The number of aryl methyl sites for hydroxylation is 2. The third-order valence-corrected chi connectivity index (χ3v) is 2.19. The molecule has 0 unspecified atom stereocenters. The Morgan fingerprint density at radius 3 is 2.93 bits per heavy atom. The first-order valence-corrected chi connectivity index (χ1v) is 4.85. The van der Waals surface area contributed by atoms with Crippen molar-refractivity contribution in [2.75, 3.05) is 0 Å². The van der Waals surface area contributed by atoms with Crippen LogP contribution in [0.4, 0.5) is 0 Å². The number of hydrogen-bond donors (Lipinski definition) is 1. The standard InChI is InChI=1S/C10H14N4O/c1-8-5-9(13-15-8)6-11-7-10-12-3-4-14(10)2/h3-5,11H,6-7H2,1-2H3. The molecule has 1 N–H and O–H groups in total. The summed E-state index contributed by atoms with van der Waals surface area (Å²) in [5.74, 6) is 1.85. The van der Waals surface area contributed by atoms with Crippen molar-refractivity contribution in [1.29, 1.82) is 0 Å². The summed E-state index contributed by atoms with van der Waals surface area (Å²) in [6.45, 7) is 3.31. The molecule has 80 valence electrons. The van der Waals surface area contributed by atoms with E-state index in [4.69, 9.17) is 4.52 Å². The second-order valence-corrected chi connectivity index (χ2v) is 3.49. The molecule has 0 saturated heterocycles. The van der Waals surface area contributed by atoms with Crippen LogP contribution in [-0.2, 0) is 20.1 Å². The molecule has 0 bridgehead atoms. The van der Waals surface area contributed by atoms with Gasteiger partial charge in [-0.25, -0.2) is 4.98 Å². The largest absolute Gasteiger partial charge is 0.361 e.